The van der Waals surface area contributed by atoms with Crippen LogP contribution in [0.25, 0.3) is 0 Å². The number of amides is 1. The molecule has 0 fully saturated rings. The summed E-state index contributed by atoms with van der Waals surface area (Å²) in [5.74, 6) is -0.180. The smallest absolute Gasteiger partial charge is 0.266 e. The van der Waals surface area contributed by atoms with Crippen LogP contribution in [0.5, 0.6) is 0 Å². The highest BCUT2D eigenvalue weighted by Gasteiger charge is 2.02. The Kier molecular flexibility index (Phi) is 3.73. The van der Waals surface area contributed by atoms with E-state index in [1.54, 1.807) is 7.05 Å². The minimum Gasteiger partial charge on any atom is -0.377 e. The summed E-state index contributed by atoms with van der Waals surface area (Å²) in [7, 11) is 1.58. The van der Waals surface area contributed by atoms with Crippen molar-refractivity contribution in [1.29, 1.82) is 0 Å². The van der Waals surface area contributed by atoms with Crippen molar-refractivity contribution in [3.05, 3.63) is 48.2 Å². The van der Waals surface area contributed by atoms with E-state index in [0.717, 1.165) is 5.56 Å². The molecule has 1 amide bonds. The van der Waals surface area contributed by atoms with E-state index in [0.29, 0.717) is 12.2 Å². The van der Waals surface area contributed by atoms with E-state index in [-0.39, 0.29) is 5.91 Å². The number of rotatable bonds is 4. The molecular formula is C11H14N2O. The third-order valence-electron chi connectivity index (χ3n) is 1.85. The first-order valence-electron chi connectivity index (χ1n) is 4.43. The molecule has 0 aliphatic carbocycles. The Hall–Kier alpha value is -1.77. The Morgan fingerprint density at radius 1 is 1.36 bits per heavy atom. The molecule has 0 aliphatic rings. The van der Waals surface area contributed by atoms with Crippen LogP contribution in [0.1, 0.15) is 5.56 Å². The Morgan fingerprint density at radius 3 is 2.57 bits per heavy atom. The van der Waals surface area contributed by atoms with Gasteiger partial charge in [-0.3, -0.25) is 4.79 Å². The zero-order valence-corrected chi connectivity index (χ0v) is 8.21. The van der Waals surface area contributed by atoms with Crippen molar-refractivity contribution in [1.82, 2.24) is 10.6 Å². The van der Waals surface area contributed by atoms with Crippen LogP contribution in [0.4, 0.5) is 0 Å². The van der Waals surface area contributed by atoms with Gasteiger partial charge in [0, 0.05) is 13.6 Å². The molecule has 2 N–H and O–H groups in total. The number of benzene rings is 1. The summed E-state index contributed by atoms with van der Waals surface area (Å²) in [6.45, 7) is 4.24. The third kappa shape index (κ3) is 2.94. The highest BCUT2D eigenvalue weighted by molar-refractivity contribution is 5.91. The number of hydrogen-bond acceptors (Lipinski definition) is 2. The first-order valence-corrected chi connectivity index (χ1v) is 4.43. The van der Waals surface area contributed by atoms with Crippen LogP contribution in [-0.2, 0) is 11.3 Å². The largest absolute Gasteiger partial charge is 0.377 e. The molecule has 1 aromatic rings. The Labute approximate surface area is 83.8 Å². The molecule has 74 valence electrons. The lowest BCUT2D eigenvalue weighted by atomic mass is 10.2. The summed E-state index contributed by atoms with van der Waals surface area (Å²) in [4.78, 5) is 11.1. The summed E-state index contributed by atoms with van der Waals surface area (Å²) >= 11 is 0. The SMILES string of the molecule is C=C(NCc1ccccc1)C(=O)NC. The highest BCUT2D eigenvalue weighted by Crippen LogP contribution is 1.98. The minimum atomic E-state index is -0.180. The minimum absolute atomic E-state index is 0.180. The van der Waals surface area contributed by atoms with E-state index in [1.807, 2.05) is 30.3 Å². The summed E-state index contributed by atoms with van der Waals surface area (Å²) < 4.78 is 0. The van der Waals surface area contributed by atoms with Crippen molar-refractivity contribution in [3.8, 4) is 0 Å². The maximum absolute atomic E-state index is 11.1. The van der Waals surface area contributed by atoms with Gasteiger partial charge in [0.1, 0.15) is 0 Å². The van der Waals surface area contributed by atoms with E-state index in [2.05, 4.69) is 17.2 Å². The lowest BCUT2D eigenvalue weighted by Crippen LogP contribution is -2.28. The molecule has 1 rings (SSSR count). The molecular weight excluding hydrogens is 176 g/mol. The molecule has 1 aromatic carbocycles. The van der Waals surface area contributed by atoms with Crippen LogP contribution in [-0.4, -0.2) is 13.0 Å². The van der Waals surface area contributed by atoms with E-state index < -0.39 is 0 Å². The van der Waals surface area contributed by atoms with Crippen molar-refractivity contribution >= 4 is 5.91 Å². The van der Waals surface area contributed by atoms with Gasteiger partial charge < -0.3 is 10.6 Å². The number of nitrogens with one attached hydrogen (secondary N) is 2. The van der Waals surface area contributed by atoms with Gasteiger partial charge in [-0.2, -0.15) is 0 Å². The Morgan fingerprint density at radius 2 is 2.00 bits per heavy atom. The van der Waals surface area contributed by atoms with E-state index in [4.69, 9.17) is 0 Å². The first-order chi connectivity index (χ1) is 6.74. The lowest BCUT2D eigenvalue weighted by Gasteiger charge is -2.07. The molecule has 0 bridgehead atoms. The Bertz CT molecular complexity index is 319. The van der Waals surface area contributed by atoms with Gasteiger partial charge in [0.05, 0.1) is 5.70 Å². The summed E-state index contributed by atoms with van der Waals surface area (Å²) in [6, 6.07) is 9.85. The summed E-state index contributed by atoms with van der Waals surface area (Å²) in [5.41, 5.74) is 1.51. The van der Waals surface area contributed by atoms with Crippen molar-refractivity contribution in [2.24, 2.45) is 0 Å². The predicted octanol–water partition coefficient (Wildman–Crippen LogP) is 1.04. The second-order valence-corrected chi connectivity index (χ2v) is 2.90. The molecule has 0 saturated heterocycles. The summed E-state index contributed by atoms with van der Waals surface area (Å²) in [6.07, 6.45) is 0. The number of likely N-dealkylation sites (N-methyl/N-ethyl adjacent to an activating group) is 1. The molecule has 0 aromatic heterocycles. The maximum atomic E-state index is 11.1. The highest BCUT2D eigenvalue weighted by atomic mass is 16.1. The molecule has 3 heteroatoms. The van der Waals surface area contributed by atoms with Crippen LogP contribution in [0.2, 0.25) is 0 Å². The van der Waals surface area contributed by atoms with Gasteiger partial charge in [0.15, 0.2) is 0 Å². The predicted molar refractivity (Wildman–Crippen MR) is 56.5 cm³/mol. The van der Waals surface area contributed by atoms with Gasteiger partial charge >= 0.3 is 0 Å². The van der Waals surface area contributed by atoms with Gasteiger partial charge in [0.2, 0.25) is 0 Å². The zero-order chi connectivity index (χ0) is 10.4. The van der Waals surface area contributed by atoms with Crippen LogP contribution < -0.4 is 10.6 Å². The number of carbonyl (C=O) groups excluding carboxylic acids is 1. The van der Waals surface area contributed by atoms with Crippen molar-refractivity contribution in [2.75, 3.05) is 7.05 Å². The first kappa shape index (κ1) is 10.3. The fourth-order valence-corrected chi connectivity index (χ4v) is 1.04. The van der Waals surface area contributed by atoms with Crippen LogP contribution in [0, 0.1) is 0 Å². The van der Waals surface area contributed by atoms with Gasteiger partial charge in [0.25, 0.3) is 5.91 Å². The van der Waals surface area contributed by atoms with Crippen LogP contribution in [0.3, 0.4) is 0 Å². The van der Waals surface area contributed by atoms with Crippen molar-refractivity contribution in [3.63, 3.8) is 0 Å². The second-order valence-electron chi connectivity index (χ2n) is 2.90. The Balaban J connectivity index is 2.42. The number of carbonyl (C=O) groups is 1. The van der Waals surface area contributed by atoms with Crippen molar-refractivity contribution < 1.29 is 4.79 Å². The fraction of sp³-hybridized carbons (Fsp3) is 0.182. The monoisotopic (exact) mass is 190 g/mol. The maximum Gasteiger partial charge on any atom is 0.266 e. The summed E-state index contributed by atoms with van der Waals surface area (Å²) in [5, 5.41) is 5.44. The topological polar surface area (TPSA) is 41.1 Å². The van der Waals surface area contributed by atoms with E-state index in [9.17, 15) is 4.79 Å². The molecule has 3 nitrogen and oxygen atoms in total. The average Bonchev–Trinajstić information content (AvgIpc) is 2.26. The normalized spacial score (nSPS) is 9.21. The number of hydrogen-bond donors (Lipinski definition) is 2. The van der Waals surface area contributed by atoms with E-state index >= 15 is 0 Å². The fourth-order valence-electron chi connectivity index (χ4n) is 1.04. The molecule has 0 saturated carbocycles. The second kappa shape index (κ2) is 5.07. The van der Waals surface area contributed by atoms with Gasteiger partial charge in [-0.05, 0) is 5.56 Å². The molecule has 0 spiro atoms. The third-order valence-corrected chi connectivity index (χ3v) is 1.85. The molecule has 0 aliphatic heterocycles. The van der Waals surface area contributed by atoms with Gasteiger partial charge in [-0.1, -0.05) is 36.9 Å². The standard InChI is InChI=1S/C11H14N2O/c1-9(11(14)12-2)13-8-10-6-4-3-5-7-10/h3-7,13H,1,8H2,2H3,(H,12,14). The van der Waals surface area contributed by atoms with Gasteiger partial charge in [-0.25, -0.2) is 0 Å². The molecule has 14 heavy (non-hydrogen) atoms. The lowest BCUT2D eigenvalue weighted by molar-refractivity contribution is -0.117. The molecule has 0 unspecified atom stereocenters. The average molecular weight is 190 g/mol. The van der Waals surface area contributed by atoms with Gasteiger partial charge in [-0.15, -0.1) is 0 Å². The molecule has 0 heterocycles. The quantitative estimate of drug-likeness (QED) is 0.696. The van der Waals surface area contributed by atoms with Crippen LogP contribution in [0.15, 0.2) is 42.6 Å². The molecule has 0 radical (unpaired) electrons. The zero-order valence-electron chi connectivity index (χ0n) is 8.21. The van der Waals surface area contributed by atoms with Crippen LogP contribution >= 0.6 is 0 Å². The van der Waals surface area contributed by atoms with E-state index in [1.165, 1.54) is 0 Å². The van der Waals surface area contributed by atoms with Crippen molar-refractivity contribution in [2.45, 2.75) is 6.54 Å². The molecule has 0 atom stereocenters.